The van der Waals surface area contributed by atoms with Gasteiger partial charge in [0.15, 0.2) is 0 Å². The van der Waals surface area contributed by atoms with E-state index in [0.29, 0.717) is 24.5 Å². The Labute approximate surface area is 107 Å². The van der Waals surface area contributed by atoms with Crippen LogP contribution in [0.15, 0.2) is 18.2 Å². The van der Waals surface area contributed by atoms with Crippen LogP contribution in [0.1, 0.15) is 12.5 Å². The highest BCUT2D eigenvalue weighted by atomic mass is 16.5. The van der Waals surface area contributed by atoms with Gasteiger partial charge in [0.05, 0.1) is 20.8 Å². The number of carbonyl (C=O) groups excluding carboxylic acids is 1. The van der Waals surface area contributed by atoms with Gasteiger partial charge in [-0.05, 0) is 18.6 Å². The lowest BCUT2D eigenvalue weighted by atomic mass is 10.1. The third-order valence-electron chi connectivity index (χ3n) is 2.52. The van der Waals surface area contributed by atoms with Crippen molar-refractivity contribution in [3.05, 3.63) is 23.8 Å². The lowest BCUT2D eigenvalue weighted by Crippen LogP contribution is -2.34. The van der Waals surface area contributed by atoms with Gasteiger partial charge in [0, 0.05) is 12.5 Å². The molecule has 0 aliphatic rings. The van der Waals surface area contributed by atoms with Crippen LogP contribution in [-0.4, -0.2) is 32.8 Å². The molecule has 1 unspecified atom stereocenters. The molecule has 0 fully saturated rings. The fraction of sp³-hybridized carbons (Fsp3) is 0.462. The van der Waals surface area contributed by atoms with Gasteiger partial charge in [-0.2, -0.15) is 0 Å². The molecule has 18 heavy (non-hydrogen) atoms. The molecule has 2 N–H and O–H groups in total. The van der Waals surface area contributed by atoms with E-state index in [1.54, 1.807) is 33.3 Å². The van der Waals surface area contributed by atoms with Crippen LogP contribution < -0.4 is 15.2 Å². The van der Waals surface area contributed by atoms with Crippen LogP contribution in [0.3, 0.4) is 0 Å². The molecule has 0 saturated carbocycles. The molecular weight excluding hydrogens is 234 g/mol. The van der Waals surface area contributed by atoms with Crippen molar-refractivity contribution in [1.29, 1.82) is 0 Å². The second-order valence-corrected chi connectivity index (χ2v) is 3.74. The maximum atomic E-state index is 11.5. The average Bonchev–Trinajstić information content (AvgIpc) is 2.39. The third kappa shape index (κ3) is 3.63. The standard InChI is InChI=1S/C13H19NO4/c1-4-18-13(15)11(14)7-9-5-6-10(16-2)8-12(9)17-3/h5-6,8,11H,4,7,14H2,1-3H3. The summed E-state index contributed by atoms with van der Waals surface area (Å²) in [6, 6.07) is 4.70. The molecule has 0 aromatic heterocycles. The number of benzene rings is 1. The Morgan fingerprint density at radius 2 is 2.06 bits per heavy atom. The molecule has 1 atom stereocenters. The van der Waals surface area contributed by atoms with E-state index in [1.165, 1.54) is 0 Å². The molecule has 100 valence electrons. The molecule has 0 radical (unpaired) electrons. The number of carbonyl (C=O) groups is 1. The molecule has 0 saturated heterocycles. The summed E-state index contributed by atoms with van der Waals surface area (Å²) in [4.78, 5) is 11.5. The van der Waals surface area contributed by atoms with E-state index in [2.05, 4.69) is 0 Å². The van der Waals surface area contributed by atoms with Crippen molar-refractivity contribution in [3.63, 3.8) is 0 Å². The maximum Gasteiger partial charge on any atom is 0.323 e. The lowest BCUT2D eigenvalue weighted by molar-refractivity contribution is -0.144. The fourth-order valence-electron chi connectivity index (χ4n) is 1.59. The second-order valence-electron chi connectivity index (χ2n) is 3.74. The van der Waals surface area contributed by atoms with Crippen LogP contribution in [0.4, 0.5) is 0 Å². The molecule has 0 aliphatic carbocycles. The Bertz CT molecular complexity index is 406. The number of rotatable bonds is 6. The van der Waals surface area contributed by atoms with Crippen LogP contribution in [0.5, 0.6) is 11.5 Å². The number of nitrogens with two attached hydrogens (primary N) is 1. The van der Waals surface area contributed by atoms with Gasteiger partial charge in [-0.15, -0.1) is 0 Å². The van der Waals surface area contributed by atoms with Crippen LogP contribution in [-0.2, 0) is 16.0 Å². The maximum absolute atomic E-state index is 11.5. The zero-order chi connectivity index (χ0) is 13.5. The first-order valence-corrected chi connectivity index (χ1v) is 5.75. The Kier molecular flexibility index (Phi) is 5.45. The first kappa shape index (κ1) is 14.3. The minimum absolute atomic E-state index is 0.326. The highest BCUT2D eigenvalue weighted by molar-refractivity contribution is 5.76. The summed E-state index contributed by atoms with van der Waals surface area (Å²) < 4.78 is 15.2. The topological polar surface area (TPSA) is 70.8 Å². The summed E-state index contributed by atoms with van der Waals surface area (Å²) in [6.07, 6.45) is 0.367. The van der Waals surface area contributed by atoms with Crippen LogP contribution in [0.2, 0.25) is 0 Å². The zero-order valence-corrected chi connectivity index (χ0v) is 10.9. The molecule has 5 nitrogen and oxygen atoms in total. The molecule has 1 rings (SSSR count). The van der Waals surface area contributed by atoms with Crippen molar-refractivity contribution in [2.75, 3.05) is 20.8 Å². The lowest BCUT2D eigenvalue weighted by Gasteiger charge is -2.14. The summed E-state index contributed by atoms with van der Waals surface area (Å²) in [5.74, 6) is 0.935. The summed E-state index contributed by atoms with van der Waals surface area (Å²) in [5.41, 5.74) is 6.61. The van der Waals surface area contributed by atoms with Gasteiger partial charge >= 0.3 is 5.97 Å². The fourth-order valence-corrected chi connectivity index (χ4v) is 1.59. The smallest absolute Gasteiger partial charge is 0.323 e. The second kappa shape index (κ2) is 6.86. The molecule has 1 aromatic rings. The minimum atomic E-state index is -0.688. The Balaban J connectivity index is 2.80. The van der Waals surface area contributed by atoms with Crippen molar-refractivity contribution >= 4 is 5.97 Å². The largest absolute Gasteiger partial charge is 0.497 e. The number of esters is 1. The highest BCUT2D eigenvalue weighted by Crippen LogP contribution is 2.25. The summed E-state index contributed by atoms with van der Waals surface area (Å²) in [5, 5.41) is 0. The first-order valence-electron chi connectivity index (χ1n) is 5.75. The van der Waals surface area contributed by atoms with Gasteiger partial charge < -0.3 is 19.9 Å². The van der Waals surface area contributed by atoms with E-state index in [-0.39, 0.29) is 0 Å². The van der Waals surface area contributed by atoms with Gasteiger partial charge in [0.1, 0.15) is 17.5 Å². The highest BCUT2D eigenvalue weighted by Gasteiger charge is 2.17. The Morgan fingerprint density at radius 3 is 2.61 bits per heavy atom. The molecule has 0 amide bonds. The van der Waals surface area contributed by atoms with E-state index in [1.807, 2.05) is 6.07 Å². The van der Waals surface area contributed by atoms with E-state index in [9.17, 15) is 4.79 Å². The molecule has 0 spiro atoms. The van der Waals surface area contributed by atoms with Crippen LogP contribution in [0.25, 0.3) is 0 Å². The Hall–Kier alpha value is -1.75. The van der Waals surface area contributed by atoms with E-state index < -0.39 is 12.0 Å². The zero-order valence-electron chi connectivity index (χ0n) is 10.9. The van der Waals surface area contributed by atoms with Crippen molar-refractivity contribution in [2.24, 2.45) is 5.73 Å². The normalized spacial score (nSPS) is 11.8. The SMILES string of the molecule is CCOC(=O)C(N)Cc1ccc(OC)cc1OC. The molecule has 0 bridgehead atoms. The summed E-state index contributed by atoms with van der Waals surface area (Å²) in [6.45, 7) is 2.07. The van der Waals surface area contributed by atoms with Crippen LogP contribution in [0, 0.1) is 0 Å². The van der Waals surface area contributed by atoms with Crippen molar-refractivity contribution in [2.45, 2.75) is 19.4 Å². The van der Waals surface area contributed by atoms with E-state index >= 15 is 0 Å². The molecular formula is C13H19NO4. The molecule has 1 aromatic carbocycles. The van der Waals surface area contributed by atoms with Crippen molar-refractivity contribution in [3.8, 4) is 11.5 Å². The number of hydrogen-bond donors (Lipinski definition) is 1. The third-order valence-corrected chi connectivity index (χ3v) is 2.52. The van der Waals surface area contributed by atoms with E-state index in [4.69, 9.17) is 19.9 Å². The first-order chi connectivity index (χ1) is 8.62. The van der Waals surface area contributed by atoms with E-state index in [0.717, 1.165) is 5.56 Å². The summed E-state index contributed by atoms with van der Waals surface area (Å²) in [7, 11) is 3.15. The molecule has 5 heteroatoms. The number of ether oxygens (including phenoxy) is 3. The van der Waals surface area contributed by atoms with Gasteiger partial charge in [0.2, 0.25) is 0 Å². The predicted molar refractivity (Wildman–Crippen MR) is 67.9 cm³/mol. The monoisotopic (exact) mass is 253 g/mol. The van der Waals surface area contributed by atoms with Gasteiger partial charge in [0.25, 0.3) is 0 Å². The van der Waals surface area contributed by atoms with Crippen LogP contribution >= 0.6 is 0 Å². The van der Waals surface area contributed by atoms with Gasteiger partial charge in [-0.3, -0.25) is 4.79 Å². The van der Waals surface area contributed by atoms with Gasteiger partial charge in [-0.25, -0.2) is 0 Å². The Morgan fingerprint density at radius 1 is 1.33 bits per heavy atom. The number of hydrogen-bond acceptors (Lipinski definition) is 5. The molecule has 0 aliphatic heterocycles. The number of methoxy groups -OCH3 is 2. The summed E-state index contributed by atoms with van der Waals surface area (Å²) >= 11 is 0. The predicted octanol–water partition coefficient (Wildman–Crippen LogP) is 1.14. The van der Waals surface area contributed by atoms with Gasteiger partial charge in [-0.1, -0.05) is 6.07 Å². The quantitative estimate of drug-likeness (QED) is 0.770. The average molecular weight is 253 g/mol. The van der Waals surface area contributed by atoms with Crippen molar-refractivity contribution < 1.29 is 19.0 Å². The molecule has 0 heterocycles. The van der Waals surface area contributed by atoms with Crippen molar-refractivity contribution in [1.82, 2.24) is 0 Å². The minimum Gasteiger partial charge on any atom is -0.497 e.